The van der Waals surface area contributed by atoms with E-state index in [-0.39, 0.29) is 24.8 Å². The molecular formula is C30H31N3O4. The van der Waals surface area contributed by atoms with Crippen LogP contribution in [-0.4, -0.2) is 35.4 Å². The normalized spacial score (nSPS) is 18.8. The maximum atomic E-state index is 13.4. The minimum atomic E-state index is -0.817. The van der Waals surface area contributed by atoms with Crippen molar-refractivity contribution in [3.8, 4) is 0 Å². The number of nitrogens with zero attached hydrogens (tertiary/aromatic N) is 1. The molecule has 5 rings (SSSR count). The van der Waals surface area contributed by atoms with Gasteiger partial charge in [0.1, 0.15) is 0 Å². The molecule has 1 aliphatic carbocycles. The van der Waals surface area contributed by atoms with Crippen LogP contribution in [-0.2, 0) is 27.3 Å². The van der Waals surface area contributed by atoms with Crippen LogP contribution in [0.1, 0.15) is 41.2 Å². The van der Waals surface area contributed by atoms with Gasteiger partial charge in [0.25, 0.3) is 0 Å². The number of amides is 3. The standard InChI is InChI=1S/C30H31N3O4/c1-20-10-12-23(13-11-20)19-33-27(29(35)31-18-22-14-15-22)28(37-30(33)36)24-8-5-9-25(17-24)32-26(34)16-21-6-3-2-4-7-21/h2-13,17,22,27-28H,14-16,18-19H2,1H3,(H,31,35)(H,32,34)/t27-,28-/m0/s1. The predicted octanol–water partition coefficient (Wildman–Crippen LogP) is 4.76. The predicted molar refractivity (Wildman–Crippen MR) is 141 cm³/mol. The van der Waals surface area contributed by atoms with E-state index in [4.69, 9.17) is 4.74 Å². The molecule has 1 heterocycles. The van der Waals surface area contributed by atoms with Crippen LogP contribution in [0.3, 0.4) is 0 Å². The minimum Gasteiger partial charge on any atom is -0.438 e. The lowest BCUT2D eigenvalue weighted by Crippen LogP contribution is -2.46. The number of rotatable bonds is 9. The van der Waals surface area contributed by atoms with E-state index in [0.717, 1.165) is 29.5 Å². The molecule has 7 nitrogen and oxygen atoms in total. The zero-order valence-corrected chi connectivity index (χ0v) is 20.9. The van der Waals surface area contributed by atoms with Crippen LogP contribution in [0, 0.1) is 12.8 Å². The summed E-state index contributed by atoms with van der Waals surface area (Å²) in [6.45, 7) is 2.87. The van der Waals surface area contributed by atoms with Crippen LogP contribution in [0.15, 0.2) is 78.9 Å². The van der Waals surface area contributed by atoms with E-state index in [0.29, 0.717) is 23.7 Å². The molecular weight excluding hydrogens is 466 g/mol. The molecule has 2 N–H and O–H groups in total. The molecule has 0 bridgehead atoms. The summed E-state index contributed by atoms with van der Waals surface area (Å²) < 4.78 is 5.78. The molecule has 1 aliphatic heterocycles. The Bertz CT molecular complexity index is 1270. The lowest BCUT2D eigenvalue weighted by Gasteiger charge is -2.24. The van der Waals surface area contributed by atoms with Gasteiger partial charge in [0.05, 0.1) is 13.0 Å². The number of carbonyl (C=O) groups excluding carboxylic acids is 3. The van der Waals surface area contributed by atoms with Gasteiger partial charge >= 0.3 is 6.09 Å². The summed E-state index contributed by atoms with van der Waals surface area (Å²) in [7, 11) is 0. The van der Waals surface area contributed by atoms with Gasteiger partial charge in [-0.3, -0.25) is 14.5 Å². The Morgan fingerprint density at radius 2 is 1.70 bits per heavy atom. The lowest BCUT2D eigenvalue weighted by molar-refractivity contribution is -0.126. The molecule has 0 radical (unpaired) electrons. The first kappa shape index (κ1) is 24.6. The van der Waals surface area contributed by atoms with E-state index in [2.05, 4.69) is 10.6 Å². The van der Waals surface area contributed by atoms with Crippen LogP contribution in [0.2, 0.25) is 0 Å². The first-order valence-corrected chi connectivity index (χ1v) is 12.7. The third-order valence-corrected chi connectivity index (χ3v) is 6.80. The molecule has 2 fully saturated rings. The van der Waals surface area contributed by atoms with Gasteiger partial charge in [0.2, 0.25) is 11.8 Å². The summed E-state index contributed by atoms with van der Waals surface area (Å²) in [6, 6.07) is 23.8. The van der Waals surface area contributed by atoms with Gasteiger partial charge in [0, 0.05) is 12.2 Å². The number of ether oxygens (including phenoxy) is 1. The zero-order chi connectivity index (χ0) is 25.8. The third kappa shape index (κ3) is 6.17. The first-order valence-electron chi connectivity index (χ1n) is 12.7. The van der Waals surface area contributed by atoms with Crippen LogP contribution in [0.4, 0.5) is 10.5 Å². The molecule has 2 atom stereocenters. The number of hydrogen-bond acceptors (Lipinski definition) is 4. The number of anilines is 1. The Labute approximate surface area is 216 Å². The van der Waals surface area contributed by atoms with Crippen molar-refractivity contribution in [2.75, 3.05) is 11.9 Å². The second-order valence-electron chi connectivity index (χ2n) is 9.89. The van der Waals surface area contributed by atoms with Gasteiger partial charge in [-0.25, -0.2) is 4.79 Å². The fourth-order valence-corrected chi connectivity index (χ4v) is 4.55. The van der Waals surface area contributed by atoms with E-state index >= 15 is 0 Å². The number of carbonyl (C=O) groups is 3. The van der Waals surface area contributed by atoms with Crippen LogP contribution >= 0.6 is 0 Å². The molecule has 7 heteroatoms. The van der Waals surface area contributed by atoms with Crippen molar-refractivity contribution in [1.82, 2.24) is 10.2 Å². The highest BCUT2D eigenvalue weighted by atomic mass is 16.6. The smallest absolute Gasteiger partial charge is 0.411 e. The Morgan fingerprint density at radius 1 is 0.946 bits per heavy atom. The molecule has 37 heavy (non-hydrogen) atoms. The van der Waals surface area contributed by atoms with Crippen molar-refractivity contribution in [2.24, 2.45) is 5.92 Å². The Kier molecular flexibility index (Phi) is 7.21. The molecule has 0 unspecified atom stereocenters. The summed E-state index contributed by atoms with van der Waals surface area (Å²) in [5.41, 5.74) is 4.20. The van der Waals surface area contributed by atoms with E-state index < -0.39 is 18.2 Å². The highest BCUT2D eigenvalue weighted by molar-refractivity contribution is 5.92. The van der Waals surface area contributed by atoms with E-state index in [1.54, 1.807) is 18.2 Å². The topological polar surface area (TPSA) is 87.7 Å². The average molecular weight is 498 g/mol. The second-order valence-corrected chi connectivity index (χ2v) is 9.89. The Balaban J connectivity index is 1.35. The second kappa shape index (κ2) is 10.9. The van der Waals surface area contributed by atoms with Crippen LogP contribution in [0.25, 0.3) is 0 Å². The average Bonchev–Trinajstić information content (AvgIpc) is 3.67. The van der Waals surface area contributed by atoms with E-state index in [1.165, 1.54) is 4.90 Å². The number of benzene rings is 3. The Morgan fingerprint density at radius 3 is 2.43 bits per heavy atom. The summed E-state index contributed by atoms with van der Waals surface area (Å²) in [6.07, 6.45) is 1.15. The highest BCUT2D eigenvalue weighted by Gasteiger charge is 2.47. The van der Waals surface area contributed by atoms with Crippen molar-refractivity contribution in [1.29, 1.82) is 0 Å². The highest BCUT2D eigenvalue weighted by Crippen LogP contribution is 2.35. The third-order valence-electron chi connectivity index (χ3n) is 6.80. The summed E-state index contributed by atoms with van der Waals surface area (Å²) in [4.78, 5) is 40.5. The number of hydrogen-bond donors (Lipinski definition) is 2. The van der Waals surface area contributed by atoms with Gasteiger partial charge in [-0.15, -0.1) is 0 Å². The zero-order valence-electron chi connectivity index (χ0n) is 20.9. The van der Waals surface area contributed by atoms with Gasteiger partial charge in [0.15, 0.2) is 12.1 Å². The summed E-state index contributed by atoms with van der Waals surface area (Å²) >= 11 is 0. The number of nitrogens with one attached hydrogen (secondary N) is 2. The molecule has 0 spiro atoms. The van der Waals surface area contributed by atoms with Gasteiger partial charge in [-0.1, -0.05) is 72.3 Å². The molecule has 3 aromatic rings. The lowest BCUT2D eigenvalue weighted by atomic mass is 10.00. The molecule has 3 aromatic carbocycles. The summed E-state index contributed by atoms with van der Waals surface area (Å²) in [5, 5.41) is 5.94. The SMILES string of the molecule is Cc1ccc(CN2C(=O)O[C@@H](c3cccc(NC(=O)Cc4ccccc4)c3)[C@H]2C(=O)NCC2CC2)cc1. The molecule has 1 saturated carbocycles. The maximum Gasteiger partial charge on any atom is 0.411 e. The maximum absolute atomic E-state index is 13.4. The fraction of sp³-hybridized carbons (Fsp3) is 0.300. The molecule has 0 aromatic heterocycles. The fourth-order valence-electron chi connectivity index (χ4n) is 4.55. The van der Waals surface area contributed by atoms with Crippen molar-refractivity contribution in [2.45, 2.75) is 44.9 Å². The monoisotopic (exact) mass is 497 g/mol. The van der Waals surface area contributed by atoms with Crippen molar-refractivity contribution < 1.29 is 19.1 Å². The van der Waals surface area contributed by atoms with Gasteiger partial charge in [-0.05, 0) is 54.5 Å². The number of cyclic esters (lactones) is 1. The van der Waals surface area contributed by atoms with Crippen molar-refractivity contribution >= 4 is 23.6 Å². The molecule has 2 aliphatic rings. The van der Waals surface area contributed by atoms with Gasteiger partial charge < -0.3 is 15.4 Å². The first-order chi connectivity index (χ1) is 18.0. The minimum absolute atomic E-state index is 0.147. The molecule has 190 valence electrons. The quantitative estimate of drug-likeness (QED) is 0.446. The summed E-state index contributed by atoms with van der Waals surface area (Å²) in [5.74, 6) is 0.133. The van der Waals surface area contributed by atoms with Gasteiger partial charge in [-0.2, -0.15) is 0 Å². The van der Waals surface area contributed by atoms with Crippen molar-refractivity contribution in [3.05, 3.63) is 101 Å². The largest absolute Gasteiger partial charge is 0.438 e. The Hall–Kier alpha value is -4.13. The van der Waals surface area contributed by atoms with E-state index in [9.17, 15) is 14.4 Å². The van der Waals surface area contributed by atoms with Crippen molar-refractivity contribution in [3.63, 3.8) is 0 Å². The molecule has 3 amide bonds. The number of aryl methyl sites for hydroxylation is 1. The van der Waals surface area contributed by atoms with Crippen LogP contribution < -0.4 is 10.6 Å². The van der Waals surface area contributed by atoms with E-state index in [1.807, 2.05) is 67.6 Å². The van der Waals surface area contributed by atoms with Crippen LogP contribution in [0.5, 0.6) is 0 Å². The molecule has 1 saturated heterocycles.